The first-order valence-electron chi connectivity index (χ1n) is 12.8. The van der Waals surface area contributed by atoms with E-state index in [1.807, 2.05) is 48.5 Å². The van der Waals surface area contributed by atoms with Gasteiger partial charge >= 0.3 is 0 Å². The van der Waals surface area contributed by atoms with Gasteiger partial charge in [0.15, 0.2) is 11.4 Å². The average Bonchev–Trinajstić information content (AvgIpc) is 3.51. The lowest BCUT2D eigenvalue weighted by molar-refractivity contribution is -0.245. The molecule has 11 nitrogen and oxygen atoms in total. The number of aromatic nitrogens is 3. The average molecular weight is 556 g/mol. The number of aliphatic hydroxyl groups is 1. The number of nitrogens with one attached hydrogen (secondary N) is 3. The molecule has 3 unspecified atom stereocenters. The number of unbranched alkanes of at least 4 members (excludes halogenated alkanes) is 1. The second-order valence-corrected chi connectivity index (χ2v) is 10.2. The molecule has 1 fully saturated rings. The summed E-state index contributed by atoms with van der Waals surface area (Å²) in [5.41, 5.74) is 5.26. The van der Waals surface area contributed by atoms with Crippen LogP contribution in [0.5, 0.6) is 0 Å². The van der Waals surface area contributed by atoms with Gasteiger partial charge in [-0.15, -0.1) is 0 Å². The van der Waals surface area contributed by atoms with Gasteiger partial charge in [0, 0.05) is 37.1 Å². The number of carbonyl (C=O) groups is 2. The monoisotopic (exact) mass is 555 g/mol. The zero-order valence-electron chi connectivity index (χ0n) is 21.4. The first kappa shape index (κ1) is 28.7. The van der Waals surface area contributed by atoms with Crippen LogP contribution in [0.15, 0.2) is 60.0 Å². The van der Waals surface area contributed by atoms with Crippen LogP contribution in [-0.4, -0.2) is 49.2 Å². The van der Waals surface area contributed by atoms with E-state index in [0.717, 1.165) is 27.4 Å². The van der Waals surface area contributed by atoms with Gasteiger partial charge in [0.05, 0.1) is 18.8 Å². The molecule has 4 rings (SSSR count). The Balaban J connectivity index is 1.34. The molecular formula is C27H33N5O6S. The molecule has 1 aliphatic rings. The molecule has 2 amide bonds. The lowest BCUT2D eigenvalue weighted by Crippen LogP contribution is -2.31. The summed E-state index contributed by atoms with van der Waals surface area (Å²) in [5, 5.41) is 28.3. The predicted molar refractivity (Wildman–Crippen MR) is 142 cm³/mol. The Labute approximate surface area is 230 Å². The van der Waals surface area contributed by atoms with Crippen molar-refractivity contribution in [3.8, 4) is 0 Å². The minimum Gasteiger partial charge on any atom is -0.392 e. The molecule has 0 saturated carbocycles. The van der Waals surface area contributed by atoms with Crippen molar-refractivity contribution in [2.45, 2.75) is 68.9 Å². The van der Waals surface area contributed by atoms with Crippen LogP contribution in [0.4, 0.5) is 0 Å². The third kappa shape index (κ3) is 8.87. The number of ether oxygens (including phenoxy) is 2. The highest BCUT2D eigenvalue weighted by Gasteiger charge is 2.32. The maximum absolute atomic E-state index is 12.1. The van der Waals surface area contributed by atoms with E-state index in [4.69, 9.17) is 14.7 Å². The molecular weight excluding hydrogens is 522 g/mol. The Kier molecular flexibility index (Phi) is 10.9. The Morgan fingerprint density at radius 3 is 2.33 bits per heavy atom. The summed E-state index contributed by atoms with van der Waals surface area (Å²) < 4.78 is 12.7. The third-order valence-electron chi connectivity index (χ3n) is 6.34. The Morgan fingerprint density at radius 2 is 1.67 bits per heavy atom. The Hall–Kier alpha value is -3.29. The van der Waals surface area contributed by atoms with Gasteiger partial charge in [-0.2, -0.15) is 5.10 Å². The number of nitrogens with zero attached hydrogens (tertiary/aromatic N) is 2. The normalized spacial score (nSPS) is 19.0. The van der Waals surface area contributed by atoms with E-state index < -0.39 is 12.2 Å². The molecule has 3 atom stereocenters. The SMILES string of the molecule is O=C(CCCCC(=O)NCc1ccc(C2OC(CSc3ncn[nH]3)CC(c3ccc(CO)cc3)O2)cc1)NO. The molecule has 0 bridgehead atoms. The van der Waals surface area contributed by atoms with E-state index >= 15 is 0 Å². The molecule has 5 N–H and O–H groups in total. The highest BCUT2D eigenvalue weighted by molar-refractivity contribution is 7.99. The van der Waals surface area contributed by atoms with Crippen molar-refractivity contribution in [3.05, 3.63) is 77.1 Å². The molecule has 208 valence electrons. The number of hydrogen-bond donors (Lipinski definition) is 5. The first-order chi connectivity index (χ1) is 19.0. The summed E-state index contributed by atoms with van der Waals surface area (Å²) in [6.45, 7) is 0.378. The molecule has 1 aliphatic heterocycles. The van der Waals surface area contributed by atoms with Crippen LogP contribution in [-0.2, 0) is 32.2 Å². The molecule has 0 spiro atoms. The van der Waals surface area contributed by atoms with Crippen molar-refractivity contribution in [3.63, 3.8) is 0 Å². The smallest absolute Gasteiger partial charge is 0.243 e. The number of aliphatic hydroxyl groups excluding tert-OH is 1. The number of hydroxylamine groups is 1. The maximum atomic E-state index is 12.1. The molecule has 3 aromatic rings. The van der Waals surface area contributed by atoms with Crippen LogP contribution < -0.4 is 10.8 Å². The minimum absolute atomic E-state index is 0.00978. The topological polar surface area (TPSA) is 159 Å². The van der Waals surface area contributed by atoms with Crippen molar-refractivity contribution < 1.29 is 29.4 Å². The number of aromatic amines is 1. The van der Waals surface area contributed by atoms with Crippen LogP contribution in [0.2, 0.25) is 0 Å². The Bertz CT molecular complexity index is 1180. The van der Waals surface area contributed by atoms with Gasteiger partial charge in [-0.05, 0) is 29.5 Å². The zero-order valence-corrected chi connectivity index (χ0v) is 22.2. The standard InChI is InChI=1S/C27H33N5O6S/c33-15-19-7-9-20(10-8-19)23-13-22(16-39-27-29-17-30-31-27)37-26(38-23)21-11-5-18(6-12-21)14-28-24(34)3-1-2-4-25(35)32-36/h5-12,17,22-23,26,33,36H,1-4,13-16H2,(H,28,34)(H,32,35)(H,29,30,31). The van der Waals surface area contributed by atoms with Gasteiger partial charge in [0.2, 0.25) is 11.8 Å². The van der Waals surface area contributed by atoms with E-state index in [1.165, 1.54) is 6.33 Å². The van der Waals surface area contributed by atoms with E-state index in [0.29, 0.717) is 38.0 Å². The van der Waals surface area contributed by atoms with Gasteiger partial charge in [0.25, 0.3) is 0 Å². The summed E-state index contributed by atoms with van der Waals surface area (Å²) in [5.74, 6) is 0.131. The van der Waals surface area contributed by atoms with Crippen LogP contribution >= 0.6 is 11.8 Å². The fourth-order valence-electron chi connectivity index (χ4n) is 4.17. The number of hydrogen-bond acceptors (Lipinski definition) is 9. The molecule has 39 heavy (non-hydrogen) atoms. The molecule has 1 saturated heterocycles. The number of rotatable bonds is 13. The van der Waals surface area contributed by atoms with Crippen LogP contribution in [0.3, 0.4) is 0 Å². The molecule has 2 heterocycles. The molecule has 12 heteroatoms. The summed E-state index contributed by atoms with van der Waals surface area (Å²) in [7, 11) is 0. The fourth-order valence-corrected chi connectivity index (χ4v) is 4.96. The summed E-state index contributed by atoms with van der Waals surface area (Å²) >= 11 is 1.54. The van der Waals surface area contributed by atoms with E-state index in [9.17, 15) is 14.7 Å². The Morgan fingerprint density at radius 1 is 0.974 bits per heavy atom. The van der Waals surface area contributed by atoms with E-state index in [-0.39, 0.29) is 31.1 Å². The van der Waals surface area contributed by atoms with Crippen molar-refractivity contribution in [1.82, 2.24) is 26.0 Å². The molecule has 1 aromatic heterocycles. The number of benzene rings is 2. The van der Waals surface area contributed by atoms with E-state index in [1.54, 1.807) is 17.2 Å². The van der Waals surface area contributed by atoms with Crippen molar-refractivity contribution in [1.29, 1.82) is 0 Å². The largest absolute Gasteiger partial charge is 0.392 e. The van der Waals surface area contributed by atoms with Gasteiger partial charge in [-0.25, -0.2) is 10.5 Å². The van der Waals surface area contributed by atoms with Crippen molar-refractivity contribution in [2.24, 2.45) is 0 Å². The predicted octanol–water partition coefficient (Wildman–Crippen LogP) is 3.32. The van der Waals surface area contributed by atoms with Gasteiger partial charge < -0.3 is 19.9 Å². The molecule has 0 aliphatic carbocycles. The quantitative estimate of drug-likeness (QED) is 0.0923. The van der Waals surface area contributed by atoms with Crippen molar-refractivity contribution >= 4 is 23.6 Å². The van der Waals surface area contributed by atoms with Crippen molar-refractivity contribution in [2.75, 3.05) is 5.75 Å². The van der Waals surface area contributed by atoms with Gasteiger partial charge in [-0.3, -0.25) is 19.9 Å². The van der Waals surface area contributed by atoms with Gasteiger partial charge in [0.1, 0.15) is 6.33 Å². The van der Waals surface area contributed by atoms with Crippen LogP contribution in [0, 0.1) is 0 Å². The maximum Gasteiger partial charge on any atom is 0.243 e. The second kappa shape index (κ2) is 14.8. The minimum atomic E-state index is -0.568. The number of thioether (sulfide) groups is 1. The lowest BCUT2D eigenvalue weighted by atomic mass is 10.0. The summed E-state index contributed by atoms with van der Waals surface area (Å²) in [4.78, 5) is 27.3. The first-order valence-corrected chi connectivity index (χ1v) is 13.8. The number of H-pyrrole nitrogens is 1. The molecule has 0 radical (unpaired) electrons. The number of carbonyl (C=O) groups excluding carboxylic acids is 2. The number of amides is 2. The van der Waals surface area contributed by atoms with Crippen LogP contribution in [0.1, 0.15) is 66.8 Å². The van der Waals surface area contributed by atoms with E-state index in [2.05, 4.69) is 20.5 Å². The summed E-state index contributed by atoms with van der Waals surface area (Å²) in [6, 6.07) is 15.5. The molecule has 2 aromatic carbocycles. The second-order valence-electron chi connectivity index (χ2n) is 9.21. The zero-order chi connectivity index (χ0) is 27.5. The van der Waals surface area contributed by atoms with Gasteiger partial charge in [-0.1, -0.05) is 60.3 Å². The summed E-state index contributed by atoms with van der Waals surface area (Å²) in [6.07, 6.45) is 2.90. The fraction of sp³-hybridized carbons (Fsp3) is 0.407. The van der Waals surface area contributed by atoms with Crippen LogP contribution in [0.25, 0.3) is 0 Å². The lowest BCUT2D eigenvalue weighted by Gasteiger charge is -2.36. The highest BCUT2D eigenvalue weighted by atomic mass is 32.2. The highest BCUT2D eigenvalue weighted by Crippen LogP contribution is 2.39. The third-order valence-corrected chi connectivity index (χ3v) is 7.35.